The highest BCUT2D eigenvalue weighted by Crippen LogP contribution is 2.17. The van der Waals surface area contributed by atoms with Crippen molar-refractivity contribution in [2.45, 2.75) is 20.4 Å². The Kier molecular flexibility index (Phi) is 4.81. The summed E-state index contributed by atoms with van der Waals surface area (Å²) in [6, 6.07) is 12.0. The molecule has 7 heteroatoms. The Balaban J connectivity index is 1.79. The van der Waals surface area contributed by atoms with Gasteiger partial charge in [0.1, 0.15) is 5.82 Å². The average molecular weight is 359 g/mol. The molecule has 1 N–H and O–H groups in total. The van der Waals surface area contributed by atoms with E-state index in [-0.39, 0.29) is 24.0 Å². The van der Waals surface area contributed by atoms with E-state index in [1.54, 1.807) is 32.0 Å². The van der Waals surface area contributed by atoms with Crippen LogP contribution in [0.25, 0.3) is 5.69 Å². The minimum Gasteiger partial charge on any atom is -0.346 e. The second-order valence-corrected chi connectivity index (χ2v) is 6.05. The van der Waals surface area contributed by atoms with E-state index in [2.05, 4.69) is 15.6 Å². The molecule has 0 unspecified atom stereocenters. The Morgan fingerprint density at radius 2 is 2.00 bits per heavy atom. The van der Waals surface area contributed by atoms with Crippen molar-refractivity contribution in [2.24, 2.45) is 0 Å². The van der Waals surface area contributed by atoms with Gasteiger partial charge >= 0.3 is 0 Å². The van der Waals surface area contributed by atoms with Crippen molar-refractivity contribution < 1.29 is 9.18 Å². The maximum atomic E-state index is 13.8. The van der Waals surface area contributed by atoms with Crippen molar-refractivity contribution in [3.63, 3.8) is 0 Å². The van der Waals surface area contributed by atoms with Crippen LogP contribution < -0.4 is 5.32 Å². The van der Waals surface area contributed by atoms with E-state index in [0.717, 1.165) is 5.56 Å². The largest absolute Gasteiger partial charge is 0.346 e. The molecule has 0 bridgehead atoms. The highest BCUT2D eigenvalue weighted by atomic mass is 35.5. The number of aromatic nitrogens is 3. The molecule has 0 aliphatic rings. The molecule has 0 fully saturated rings. The SMILES string of the molecule is Cc1ccc(-n2nnc(C(=O)NCc3ccccc3Cl)c2C)cc1F. The van der Waals surface area contributed by atoms with Crippen LogP contribution in [-0.2, 0) is 6.54 Å². The summed E-state index contributed by atoms with van der Waals surface area (Å²) in [6.45, 7) is 3.67. The smallest absolute Gasteiger partial charge is 0.274 e. The maximum Gasteiger partial charge on any atom is 0.274 e. The third kappa shape index (κ3) is 3.53. The number of nitrogens with one attached hydrogen (secondary N) is 1. The number of aryl methyl sites for hydroxylation is 1. The molecule has 3 aromatic rings. The second-order valence-electron chi connectivity index (χ2n) is 5.64. The number of carbonyl (C=O) groups excluding carboxylic acids is 1. The summed E-state index contributed by atoms with van der Waals surface area (Å²) in [5.41, 5.74) is 2.58. The number of benzene rings is 2. The summed E-state index contributed by atoms with van der Waals surface area (Å²) in [5.74, 6) is -0.701. The zero-order valence-electron chi connectivity index (χ0n) is 13.8. The van der Waals surface area contributed by atoms with Crippen LogP contribution in [0.3, 0.4) is 0 Å². The summed E-state index contributed by atoms with van der Waals surface area (Å²) in [7, 11) is 0. The topological polar surface area (TPSA) is 59.8 Å². The first-order valence-corrected chi connectivity index (χ1v) is 8.05. The fraction of sp³-hybridized carbons (Fsp3) is 0.167. The molecule has 0 aliphatic heterocycles. The fourth-order valence-corrected chi connectivity index (χ4v) is 2.60. The number of carbonyl (C=O) groups is 1. The van der Waals surface area contributed by atoms with Crippen molar-refractivity contribution in [2.75, 3.05) is 0 Å². The number of halogens is 2. The first-order valence-electron chi connectivity index (χ1n) is 7.68. The molecule has 0 saturated heterocycles. The lowest BCUT2D eigenvalue weighted by molar-refractivity contribution is 0.0945. The summed E-state index contributed by atoms with van der Waals surface area (Å²) < 4.78 is 15.2. The molecule has 0 aliphatic carbocycles. The summed E-state index contributed by atoms with van der Waals surface area (Å²) in [5, 5.41) is 11.2. The highest BCUT2D eigenvalue weighted by molar-refractivity contribution is 6.31. The third-order valence-corrected chi connectivity index (χ3v) is 4.28. The zero-order valence-corrected chi connectivity index (χ0v) is 14.5. The van der Waals surface area contributed by atoms with E-state index in [9.17, 15) is 9.18 Å². The molecule has 128 valence electrons. The minimum atomic E-state index is -0.365. The Bertz CT molecular complexity index is 939. The molecule has 1 amide bonds. The van der Waals surface area contributed by atoms with Crippen LogP contribution in [0.15, 0.2) is 42.5 Å². The van der Waals surface area contributed by atoms with Crippen molar-refractivity contribution in [1.29, 1.82) is 0 Å². The van der Waals surface area contributed by atoms with Gasteiger partial charge in [-0.25, -0.2) is 9.07 Å². The standard InChI is InChI=1S/C18H16ClFN4O/c1-11-7-8-14(9-16(11)20)24-12(2)17(22-23-24)18(25)21-10-13-5-3-4-6-15(13)19/h3-9H,10H2,1-2H3,(H,21,25). The number of rotatable bonds is 4. The van der Waals surface area contributed by atoms with Crippen molar-refractivity contribution in [3.05, 3.63) is 75.8 Å². The average Bonchev–Trinajstić information content (AvgIpc) is 2.98. The Morgan fingerprint density at radius 1 is 1.24 bits per heavy atom. The summed E-state index contributed by atoms with van der Waals surface area (Å²) in [6.07, 6.45) is 0. The molecule has 0 saturated carbocycles. The van der Waals surface area contributed by atoms with E-state index in [4.69, 9.17) is 11.6 Å². The molecule has 25 heavy (non-hydrogen) atoms. The molecule has 5 nitrogen and oxygen atoms in total. The number of hydrogen-bond donors (Lipinski definition) is 1. The predicted molar refractivity (Wildman–Crippen MR) is 93.4 cm³/mol. The van der Waals surface area contributed by atoms with Crippen LogP contribution in [0.2, 0.25) is 5.02 Å². The molecule has 3 rings (SSSR count). The number of nitrogens with zero attached hydrogens (tertiary/aromatic N) is 3. The van der Waals surface area contributed by atoms with Gasteiger partial charge in [-0.15, -0.1) is 5.10 Å². The lowest BCUT2D eigenvalue weighted by Gasteiger charge is -2.07. The molecule has 2 aromatic carbocycles. The lowest BCUT2D eigenvalue weighted by Crippen LogP contribution is -2.24. The normalized spacial score (nSPS) is 10.7. The Morgan fingerprint density at radius 3 is 2.72 bits per heavy atom. The molecule has 1 heterocycles. The Hall–Kier alpha value is -2.73. The Labute approximate surface area is 149 Å². The summed E-state index contributed by atoms with van der Waals surface area (Å²) in [4.78, 5) is 12.4. The van der Waals surface area contributed by atoms with Gasteiger partial charge in [-0.2, -0.15) is 0 Å². The highest BCUT2D eigenvalue weighted by Gasteiger charge is 2.18. The number of hydrogen-bond acceptors (Lipinski definition) is 3. The van der Waals surface area contributed by atoms with Crippen molar-refractivity contribution >= 4 is 17.5 Å². The van der Waals surface area contributed by atoms with E-state index < -0.39 is 0 Å². The van der Waals surface area contributed by atoms with Crippen LogP contribution in [0.1, 0.15) is 27.3 Å². The van der Waals surface area contributed by atoms with Crippen LogP contribution in [0.4, 0.5) is 4.39 Å². The minimum absolute atomic E-state index is 0.188. The molecule has 0 spiro atoms. The molecular weight excluding hydrogens is 343 g/mol. The fourth-order valence-electron chi connectivity index (χ4n) is 2.40. The van der Waals surface area contributed by atoms with Crippen molar-refractivity contribution in [3.8, 4) is 5.69 Å². The van der Waals surface area contributed by atoms with Crippen molar-refractivity contribution in [1.82, 2.24) is 20.3 Å². The second kappa shape index (κ2) is 7.03. The van der Waals surface area contributed by atoms with Gasteiger partial charge in [-0.1, -0.05) is 41.1 Å². The van der Waals surface area contributed by atoms with E-state index in [1.807, 2.05) is 18.2 Å². The van der Waals surface area contributed by atoms with Crippen LogP contribution >= 0.6 is 11.6 Å². The lowest BCUT2D eigenvalue weighted by atomic mass is 10.2. The molecule has 0 radical (unpaired) electrons. The van der Waals surface area contributed by atoms with Gasteiger partial charge in [0.15, 0.2) is 5.69 Å². The van der Waals surface area contributed by atoms with Gasteiger partial charge in [0.05, 0.1) is 11.4 Å². The monoisotopic (exact) mass is 358 g/mol. The summed E-state index contributed by atoms with van der Waals surface area (Å²) >= 11 is 6.08. The third-order valence-electron chi connectivity index (χ3n) is 3.91. The maximum absolute atomic E-state index is 13.8. The first-order chi connectivity index (χ1) is 12.0. The van der Waals surface area contributed by atoms with Crippen LogP contribution in [0, 0.1) is 19.7 Å². The van der Waals surface area contributed by atoms with E-state index >= 15 is 0 Å². The van der Waals surface area contributed by atoms with E-state index in [1.165, 1.54) is 10.7 Å². The van der Waals surface area contributed by atoms with Gasteiger partial charge in [-0.05, 0) is 43.2 Å². The van der Waals surface area contributed by atoms with Crippen LogP contribution in [-0.4, -0.2) is 20.9 Å². The van der Waals surface area contributed by atoms with Gasteiger partial charge in [0, 0.05) is 11.6 Å². The molecule has 1 aromatic heterocycles. The van der Waals surface area contributed by atoms with Gasteiger partial charge < -0.3 is 5.32 Å². The van der Waals surface area contributed by atoms with Crippen LogP contribution in [0.5, 0.6) is 0 Å². The quantitative estimate of drug-likeness (QED) is 0.775. The first kappa shape index (κ1) is 17.1. The molecular formula is C18H16ClFN4O. The van der Waals surface area contributed by atoms with Gasteiger partial charge in [0.25, 0.3) is 5.91 Å². The van der Waals surface area contributed by atoms with Gasteiger partial charge in [-0.3, -0.25) is 4.79 Å². The van der Waals surface area contributed by atoms with E-state index in [0.29, 0.717) is 22.0 Å². The van der Waals surface area contributed by atoms with Gasteiger partial charge in [0.2, 0.25) is 0 Å². The molecule has 0 atom stereocenters. The predicted octanol–water partition coefficient (Wildman–Crippen LogP) is 3.61. The zero-order chi connectivity index (χ0) is 18.0. The number of amides is 1.